The summed E-state index contributed by atoms with van der Waals surface area (Å²) in [7, 11) is 0. The minimum Gasteiger partial charge on any atom is -0.464 e. The summed E-state index contributed by atoms with van der Waals surface area (Å²) in [5.74, 6) is -0.252. The molecule has 0 aliphatic carbocycles. The summed E-state index contributed by atoms with van der Waals surface area (Å²) in [6.45, 7) is 0.600. The Kier molecular flexibility index (Phi) is 6.10. The second kappa shape index (κ2) is 8.32. The molecule has 0 saturated heterocycles. The Morgan fingerprint density at radius 3 is 2.48 bits per heavy atom. The average molecular weight is 304 g/mol. The Balaban J connectivity index is 1.60. The van der Waals surface area contributed by atoms with Crippen LogP contribution in [0.25, 0.3) is 0 Å². The summed E-state index contributed by atoms with van der Waals surface area (Å²) in [5.41, 5.74) is 2.11. The van der Waals surface area contributed by atoms with E-state index >= 15 is 0 Å². The molecule has 0 radical (unpaired) electrons. The average Bonchev–Trinajstić information content (AvgIpc) is 2.52. The number of nitrogens with one attached hydrogen (secondary N) is 1. The van der Waals surface area contributed by atoms with Gasteiger partial charge in [-0.05, 0) is 42.7 Å². The molecule has 0 unspecified atom stereocenters. The molecule has 1 N–H and O–H groups in total. The highest BCUT2D eigenvalue weighted by atomic mass is 35.5. The summed E-state index contributed by atoms with van der Waals surface area (Å²) in [6.07, 6.45) is 1.75. The first-order valence-corrected chi connectivity index (χ1v) is 7.31. The van der Waals surface area contributed by atoms with Crippen molar-refractivity contribution in [1.82, 2.24) is 0 Å². The maximum absolute atomic E-state index is 11.6. The number of carbonyl (C=O) groups excluding carboxylic acids is 1. The van der Waals surface area contributed by atoms with Gasteiger partial charge in [0, 0.05) is 10.7 Å². The van der Waals surface area contributed by atoms with Gasteiger partial charge in [-0.25, -0.2) is 0 Å². The Bertz CT molecular complexity index is 555. The molecule has 0 atom stereocenters. The summed E-state index contributed by atoms with van der Waals surface area (Å²) < 4.78 is 5.18. The third kappa shape index (κ3) is 5.88. The number of benzene rings is 2. The van der Waals surface area contributed by atoms with Crippen LogP contribution < -0.4 is 5.32 Å². The van der Waals surface area contributed by atoms with E-state index in [0.29, 0.717) is 11.6 Å². The number of hydrogen-bond donors (Lipinski definition) is 1. The number of esters is 1. The van der Waals surface area contributed by atoms with E-state index < -0.39 is 0 Å². The zero-order valence-electron chi connectivity index (χ0n) is 11.7. The molecule has 0 aliphatic heterocycles. The maximum Gasteiger partial charge on any atom is 0.325 e. The minimum absolute atomic E-state index is 0.160. The molecule has 0 aromatic heterocycles. The fraction of sp³-hybridized carbons (Fsp3) is 0.235. The van der Waals surface area contributed by atoms with Crippen molar-refractivity contribution < 1.29 is 9.53 Å². The Labute approximate surface area is 129 Å². The van der Waals surface area contributed by atoms with Crippen LogP contribution in [0.1, 0.15) is 12.0 Å². The van der Waals surface area contributed by atoms with E-state index in [1.807, 2.05) is 30.3 Å². The predicted molar refractivity (Wildman–Crippen MR) is 85.7 cm³/mol. The first-order valence-electron chi connectivity index (χ1n) is 6.93. The van der Waals surface area contributed by atoms with E-state index in [1.165, 1.54) is 5.56 Å². The number of rotatable bonds is 7. The molecule has 0 saturated carbocycles. The second-order valence-electron chi connectivity index (χ2n) is 4.67. The number of carbonyl (C=O) groups is 1. The molecule has 110 valence electrons. The Morgan fingerprint density at radius 1 is 1.05 bits per heavy atom. The highest BCUT2D eigenvalue weighted by molar-refractivity contribution is 6.30. The molecule has 21 heavy (non-hydrogen) atoms. The van der Waals surface area contributed by atoms with Crippen molar-refractivity contribution in [3.05, 3.63) is 65.2 Å². The van der Waals surface area contributed by atoms with Gasteiger partial charge in [0.2, 0.25) is 0 Å². The minimum atomic E-state index is -0.252. The van der Waals surface area contributed by atoms with Crippen molar-refractivity contribution in [3.8, 4) is 0 Å². The van der Waals surface area contributed by atoms with Crippen molar-refractivity contribution in [3.63, 3.8) is 0 Å². The van der Waals surface area contributed by atoms with E-state index in [-0.39, 0.29) is 12.5 Å². The van der Waals surface area contributed by atoms with Gasteiger partial charge in [0.25, 0.3) is 0 Å². The van der Waals surface area contributed by atoms with Crippen LogP contribution >= 0.6 is 11.6 Å². The smallest absolute Gasteiger partial charge is 0.325 e. The molecule has 2 aromatic carbocycles. The predicted octanol–water partition coefficient (Wildman–Crippen LogP) is 3.93. The van der Waals surface area contributed by atoms with Gasteiger partial charge in [0.15, 0.2) is 0 Å². The summed E-state index contributed by atoms with van der Waals surface area (Å²) in [6, 6.07) is 17.4. The molecular formula is C17H18ClNO2. The fourth-order valence-electron chi connectivity index (χ4n) is 1.90. The van der Waals surface area contributed by atoms with E-state index in [0.717, 1.165) is 18.5 Å². The first-order chi connectivity index (χ1) is 10.2. The highest BCUT2D eigenvalue weighted by Crippen LogP contribution is 2.13. The largest absolute Gasteiger partial charge is 0.464 e. The van der Waals surface area contributed by atoms with Crippen molar-refractivity contribution in [2.75, 3.05) is 18.5 Å². The van der Waals surface area contributed by atoms with Crippen molar-refractivity contribution in [1.29, 1.82) is 0 Å². The SMILES string of the molecule is O=C(CNc1ccc(Cl)cc1)OCCCc1ccccc1. The van der Waals surface area contributed by atoms with E-state index in [9.17, 15) is 4.79 Å². The van der Waals surface area contributed by atoms with Crippen LogP contribution in [0.2, 0.25) is 5.02 Å². The lowest BCUT2D eigenvalue weighted by molar-refractivity contribution is -0.141. The number of hydrogen-bond acceptors (Lipinski definition) is 3. The van der Waals surface area contributed by atoms with Gasteiger partial charge in [-0.15, -0.1) is 0 Å². The zero-order valence-corrected chi connectivity index (χ0v) is 12.5. The number of halogens is 1. The van der Waals surface area contributed by atoms with Crippen molar-refractivity contribution in [2.45, 2.75) is 12.8 Å². The summed E-state index contributed by atoms with van der Waals surface area (Å²) >= 11 is 5.79. The standard InChI is InChI=1S/C17H18ClNO2/c18-15-8-10-16(11-9-15)19-13-17(20)21-12-4-7-14-5-2-1-3-6-14/h1-3,5-6,8-11,19H,4,7,12-13H2. The summed E-state index contributed by atoms with van der Waals surface area (Å²) in [4.78, 5) is 11.6. The lowest BCUT2D eigenvalue weighted by atomic mass is 10.1. The van der Waals surface area contributed by atoms with Crippen molar-refractivity contribution >= 4 is 23.3 Å². The monoisotopic (exact) mass is 303 g/mol. The molecule has 0 amide bonds. The van der Waals surface area contributed by atoms with Crippen LogP contribution in [0.3, 0.4) is 0 Å². The lowest BCUT2D eigenvalue weighted by Gasteiger charge is -2.07. The molecule has 2 rings (SSSR count). The van der Waals surface area contributed by atoms with Gasteiger partial charge in [-0.2, -0.15) is 0 Å². The van der Waals surface area contributed by atoms with Crippen LogP contribution in [-0.2, 0) is 16.0 Å². The third-order valence-corrected chi connectivity index (χ3v) is 3.25. The molecule has 3 nitrogen and oxygen atoms in total. The molecular weight excluding hydrogens is 286 g/mol. The summed E-state index contributed by atoms with van der Waals surface area (Å²) in [5, 5.41) is 3.67. The van der Waals surface area contributed by atoms with Gasteiger partial charge in [0.05, 0.1) is 6.61 Å². The van der Waals surface area contributed by atoms with Gasteiger partial charge >= 0.3 is 5.97 Å². The van der Waals surface area contributed by atoms with Crippen LogP contribution in [0.4, 0.5) is 5.69 Å². The van der Waals surface area contributed by atoms with Crippen LogP contribution in [0, 0.1) is 0 Å². The molecule has 0 fully saturated rings. The van der Waals surface area contributed by atoms with Gasteiger partial charge in [-0.1, -0.05) is 41.9 Å². The third-order valence-electron chi connectivity index (χ3n) is 3.00. The van der Waals surface area contributed by atoms with E-state index in [2.05, 4.69) is 17.4 Å². The van der Waals surface area contributed by atoms with E-state index in [4.69, 9.17) is 16.3 Å². The second-order valence-corrected chi connectivity index (χ2v) is 5.11. The quantitative estimate of drug-likeness (QED) is 0.622. The molecule has 4 heteroatoms. The zero-order chi connectivity index (χ0) is 14.9. The molecule has 0 heterocycles. The molecule has 0 aliphatic rings. The van der Waals surface area contributed by atoms with Crippen LogP contribution in [0.5, 0.6) is 0 Å². The van der Waals surface area contributed by atoms with Gasteiger partial charge in [0.1, 0.15) is 6.54 Å². The van der Waals surface area contributed by atoms with Gasteiger partial charge < -0.3 is 10.1 Å². The Morgan fingerprint density at radius 2 is 1.76 bits per heavy atom. The maximum atomic E-state index is 11.6. The molecule has 2 aromatic rings. The fourth-order valence-corrected chi connectivity index (χ4v) is 2.03. The van der Waals surface area contributed by atoms with Crippen LogP contribution in [-0.4, -0.2) is 19.1 Å². The normalized spacial score (nSPS) is 10.1. The topological polar surface area (TPSA) is 38.3 Å². The molecule has 0 spiro atoms. The number of ether oxygens (including phenoxy) is 1. The van der Waals surface area contributed by atoms with Gasteiger partial charge in [-0.3, -0.25) is 4.79 Å². The van der Waals surface area contributed by atoms with Crippen molar-refractivity contribution in [2.24, 2.45) is 0 Å². The number of anilines is 1. The highest BCUT2D eigenvalue weighted by Gasteiger charge is 2.02. The Hall–Kier alpha value is -2.00. The van der Waals surface area contributed by atoms with Crippen LogP contribution in [0.15, 0.2) is 54.6 Å². The number of aryl methyl sites for hydroxylation is 1. The first kappa shape index (κ1) is 15.4. The lowest BCUT2D eigenvalue weighted by Crippen LogP contribution is -2.17. The molecule has 0 bridgehead atoms. The van der Waals surface area contributed by atoms with E-state index in [1.54, 1.807) is 12.1 Å².